The molecule has 0 aliphatic heterocycles. The normalized spacial score (nSPS) is 8.56. The number of rotatable bonds is 4. The molecular weight excluding hydrogens is 120 g/mol. The molecular formula is C5H10N2O2. The van der Waals surface area contributed by atoms with Crippen LogP contribution in [0.5, 0.6) is 0 Å². The van der Waals surface area contributed by atoms with Crippen molar-refractivity contribution < 1.29 is 9.63 Å². The average Bonchev–Trinajstić information content (AvgIpc) is 1.89. The van der Waals surface area contributed by atoms with E-state index in [0.717, 1.165) is 6.08 Å². The van der Waals surface area contributed by atoms with Crippen LogP contribution in [-0.2, 0) is 9.63 Å². The molecule has 0 radical (unpaired) electrons. The highest BCUT2D eigenvalue weighted by Gasteiger charge is 1.90. The summed E-state index contributed by atoms with van der Waals surface area (Å²) in [4.78, 5) is 14.6. The molecule has 0 saturated carbocycles. The molecule has 9 heavy (non-hydrogen) atoms. The van der Waals surface area contributed by atoms with Crippen LogP contribution in [0.1, 0.15) is 0 Å². The fourth-order valence-electron chi connectivity index (χ4n) is 0.223. The van der Waals surface area contributed by atoms with Gasteiger partial charge in [0.2, 0.25) is 0 Å². The standard InChI is InChI=1S/C5H10N2O2/c1-2-5(8)9-7-4-3-6/h2,7H,1,3-4,6H2. The summed E-state index contributed by atoms with van der Waals surface area (Å²) in [7, 11) is 0. The first-order valence-electron chi connectivity index (χ1n) is 2.57. The van der Waals surface area contributed by atoms with Crippen molar-refractivity contribution in [1.29, 1.82) is 0 Å². The lowest BCUT2D eigenvalue weighted by Crippen LogP contribution is -2.24. The van der Waals surface area contributed by atoms with Crippen LogP contribution in [-0.4, -0.2) is 19.1 Å². The number of carbonyl (C=O) groups is 1. The van der Waals surface area contributed by atoms with Crippen molar-refractivity contribution in [3.05, 3.63) is 12.7 Å². The molecule has 0 aromatic carbocycles. The molecule has 0 rings (SSSR count). The molecule has 4 heteroatoms. The fraction of sp³-hybridized carbons (Fsp3) is 0.400. The molecule has 0 fully saturated rings. The fourth-order valence-corrected chi connectivity index (χ4v) is 0.223. The second kappa shape index (κ2) is 5.27. The van der Waals surface area contributed by atoms with Gasteiger partial charge in [0, 0.05) is 19.2 Å². The Balaban J connectivity index is 3.07. The summed E-state index contributed by atoms with van der Waals surface area (Å²) in [6.45, 7) is 4.09. The summed E-state index contributed by atoms with van der Waals surface area (Å²) in [6, 6.07) is 0. The number of hydrogen-bond donors (Lipinski definition) is 2. The average molecular weight is 130 g/mol. The molecule has 0 unspecified atom stereocenters. The van der Waals surface area contributed by atoms with Gasteiger partial charge in [-0.05, 0) is 0 Å². The zero-order valence-electron chi connectivity index (χ0n) is 5.09. The van der Waals surface area contributed by atoms with Gasteiger partial charge < -0.3 is 10.6 Å². The minimum Gasteiger partial charge on any atom is -0.367 e. The summed E-state index contributed by atoms with van der Waals surface area (Å²) in [5, 5.41) is 0. The van der Waals surface area contributed by atoms with Crippen LogP contribution in [0.3, 0.4) is 0 Å². The highest BCUT2D eigenvalue weighted by Crippen LogP contribution is 1.70. The van der Waals surface area contributed by atoms with Gasteiger partial charge in [0.05, 0.1) is 0 Å². The largest absolute Gasteiger partial charge is 0.367 e. The summed E-state index contributed by atoms with van der Waals surface area (Å²) in [6.07, 6.45) is 1.07. The van der Waals surface area contributed by atoms with E-state index in [4.69, 9.17) is 5.73 Å². The SMILES string of the molecule is C=CC(=O)ONCCN. The topological polar surface area (TPSA) is 64.3 Å². The van der Waals surface area contributed by atoms with Crippen LogP contribution in [0.4, 0.5) is 0 Å². The Morgan fingerprint density at radius 1 is 1.89 bits per heavy atom. The van der Waals surface area contributed by atoms with E-state index in [1.807, 2.05) is 0 Å². The maximum atomic E-state index is 10.2. The van der Waals surface area contributed by atoms with E-state index in [9.17, 15) is 4.79 Å². The molecule has 0 aliphatic carbocycles. The van der Waals surface area contributed by atoms with Crippen molar-refractivity contribution in [1.82, 2.24) is 5.48 Å². The van der Waals surface area contributed by atoms with E-state index < -0.39 is 5.97 Å². The van der Waals surface area contributed by atoms with Crippen molar-refractivity contribution in [2.75, 3.05) is 13.1 Å². The van der Waals surface area contributed by atoms with E-state index in [0.29, 0.717) is 13.1 Å². The molecule has 0 bridgehead atoms. The zero-order valence-corrected chi connectivity index (χ0v) is 5.09. The molecule has 0 spiro atoms. The van der Waals surface area contributed by atoms with Crippen molar-refractivity contribution in [2.24, 2.45) is 5.73 Å². The Labute approximate surface area is 53.6 Å². The van der Waals surface area contributed by atoms with Gasteiger partial charge in [-0.1, -0.05) is 6.58 Å². The molecule has 0 saturated heterocycles. The van der Waals surface area contributed by atoms with Crippen LogP contribution in [0, 0.1) is 0 Å². The lowest BCUT2D eigenvalue weighted by molar-refractivity contribution is -0.144. The maximum absolute atomic E-state index is 10.2. The van der Waals surface area contributed by atoms with Crippen LogP contribution in [0.2, 0.25) is 0 Å². The second-order valence-corrected chi connectivity index (χ2v) is 1.31. The molecule has 0 amide bonds. The molecule has 0 aromatic heterocycles. The second-order valence-electron chi connectivity index (χ2n) is 1.31. The summed E-state index contributed by atoms with van der Waals surface area (Å²) in [5.74, 6) is -0.497. The molecule has 52 valence electrons. The van der Waals surface area contributed by atoms with Gasteiger partial charge in [0.1, 0.15) is 0 Å². The van der Waals surface area contributed by atoms with Gasteiger partial charge in [0.15, 0.2) is 0 Å². The zero-order chi connectivity index (χ0) is 7.11. The highest BCUT2D eigenvalue weighted by molar-refractivity contribution is 5.80. The van der Waals surface area contributed by atoms with Gasteiger partial charge in [0.25, 0.3) is 0 Å². The Kier molecular flexibility index (Phi) is 4.76. The predicted molar refractivity (Wildman–Crippen MR) is 33.3 cm³/mol. The number of hydrogen-bond acceptors (Lipinski definition) is 4. The Morgan fingerprint density at radius 2 is 2.56 bits per heavy atom. The van der Waals surface area contributed by atoms with Crippen LogP contribution >= 0.6 is 0 Å². The minimum atomic E-state index is -0.497. The van der Waals surface area contributed by atoms with Gasteiger partial charge in [-0.25, -0.2) is 4.79 Å². The Bertz CT molecular complexity index is 103. The Hall–Kier alpha value is -0.870. The van der Waals surface area contributed by atoms with Crippen molar-refractivity contribution in [3.63, 3.8) is 0 Å². The van der Waals surface area contributed by atoms with Crippen LogP contribution in [0.25, 0.3) is 0 Å². The molecule has 4 nitrogen and oxygen atoms in total. The van der Waals surface area contributed by atoms with E-state index in [1.54, 1.807) is 0 Å². The van der Waals surface area contributed by atoms with E-state index >= 15 is 0 Å². The smallest absolute Gasteiger partial charge is 0.348 e. The first-order chi connectivity index (χ1) is 4.31. The third-order valence-electron chi connectivity index (χ3n) is 0.586. The van der Waals surface area contributed by atoms with E-state index in [1.165, 1.54) is 0 Å². The number of nitrogens with two attached hydrogens (primary N) is 1. The number of hydroxylamine groups is 1. The molecule has 0 heterocycles. The molecule has 3 N–H and O–H groups in total. The minimum absolute atomic E-state index is 0.435. The van der Waals surface area contributed by atoms with Gasteiger partial charge >= 0.3 is 5.97 Å². The third kappa shape index (κ3) is 4.99. The van der Waals surface area contributed by atoms with Gasteiger partial charge in [-0.3, -0.25) is 0 Å². The molecule has 0 atom stereocenters. The summed E-state index contributed by atoms with van der Waals surface area (Å²) >= 11 is 0. The quantitative estimate of drug-likeness (QED) is 0.296. The lowest BCUT2D eigenvalue weighted by Gasteiger charge is -1.98. The number of carbonyl (C=O) groups excluding carboxylic acids is 1. The third-order valence-corrected chi connectivity index (χ3v) is 0.586. The molecule has 0 aromatic rings. The van der Waals surface area contributed by atoms with Crippen molar-refractivity contribution >= 4 is 5.97 Å². The van der Waals surface area contributed by atoms with Gasteiger partial charge in [-0.15, -0.1) is 0 Å². The van der Waals surface area contributed by atoms with Crippen molar-refractivity contribution in [2.45, 2.75) is 0 Å². The van der Waals surface area contributed by atoms with E-state index in [-0.39, 0.29) is 0 Å². The van der Waals surface area contributed by atoms with E-state index in [2.05, 4.69) is 16.9 Å². The van der Waals surface area contributed by atoms with Crippen molar-refractivity contribution in [3.8, 4) is 0 Å². The lowest BCUT2D eigenvalue weighted by atomic mass is 10.7. The predicted octanol–water partition coefficient (Wildman–Crippen LogP) is -0.821. The first kappa shape index (κ1) is 8.13. The summed E-state index contributed by atoms with van der Waals surface area (Å²) < 4.78 is 0. The first-order valence-corrected chi connectivity index (χ1v) is 2.57. The highest BCUT2D eigenvalue weighted by atomic mass is 16.7. The Morgan fingerprint density at radius 3 is 3.00 bits per heavy atom. The van der Waals surface area contributed by atoms with Crippen LogP contribution < -0.4 is 11.2 Å². The monoisotopic (exact) mass is 130 g/mol. The summed E-state index contributed by atoms with van der Waals surface area (Å²) in [5.41, 5.74) is 7.42. The maximum Gasteiger partial charge on any atom is 0.348 e. The van der Waals surface area contributed by atoms with Crippen LogP contribution in [0.15, 0.2) is 12.7 Å². The van der Waals surface area contributed by atoms with Gasteiger partial charge in [-0.2, -0.15) is 5.48 Å². The number of nitrogens with one attached hydrogen (secondary N) is 1. The molecule has 0 aliphatic rings.